The molecule has 0 saturated heterocycles. The molecular formula is C12H13FN2O3. The van der Waals surface area contributed by atoms with Crippen LogP contribution in [-0.2, 0) is 9.53 Å². The number of pyridine rings is 1. The molecule has 0 unspecified atom stereocenters. The number of ether oxygens (including phenoxy) is 1. The molecule has 0 aromatic carbocycles. The van der Waals surface area contributed by atoms with Crippen molar-refractivity contribution in [3.63, 3.8) is 0 Å². The van der Waals surface area contributed by atoms with Gasteiger partial charge in [-0.15, -0.1) is 0 Å². The van der Waals surface area contributed by atoms with Gasteiger partial charge in [-0.3, -0.25) is 4.79 Å². The van der Waals surface area contributed by atoms with E-state index in [0.717, 1.165) is 19.0 Å². The topological polar surface area (TPSA) is 68.3 Å². The van der Waals surface area contributed by atoms with Gasteiger partial charge >= 0.3 is 5.97 Å². The lowest BCUT2D eigenvalue weighted by atomic mass is 10.3. The first-order valence-corrected chi connectivity index (χ1v) is 5.75. The van der Waals surface area contributed by atoms with Gasteiger partial charge in [-0.05, 0) is 25.8 Å². The van der Waals surface area contributed by atoms with E-state index in [2.05, 4.69) is 10.3 Å². The van der Waals surface area contributed by atoms with Crippen LogP contribution in [0.3, 0.4) is 0 Å². The fourth-order valence-corrected chi connectivity index (χ4v) is 1.43. The second kappa shape index (κ2) is 5.12. The van der Waals surface area contributed by atoms with E-state index in [9.17, 15) is 14.0 Å². The predicted octanol–water partition coefficient (Wildman–Crippen LogP) is 1.75. The van der Waals surface area contributed by atoms with Crippen LogP contribution < -0.4 is 5.32 Å². The third-order valence-corrected chi connectivity index (χ3v) is 2.55. The third-order valence-electron chi connectivity index (χ3n) is 2.55. The number of hydrogen-bond donors (Lipinski definition) is 1. The zero-order valence-electron chi connectivity index (χ0n) is 9.90. The Bertz CT molecular complexity index is 486. The molecular weight excluding hydrogens is 239 g/mol. The van der Waals surface area contributed by atoms with Crippen molar-refractivity contribution in [2.75, 3.05) is 11.9 Å². The van der Waals surface area contributed by atoms with Gasteiger partial charge in [0, 0.05) is 5.92 Å². The van der Waals surface area contributed by atoms with E-state index in [0.29, 0.717) is 0 Å². The third kappa shape index (κ3) is 2.82. The number of esters is 1. The van der Waals surface area contributed by atoms with Crippen molar-refractivity contribution in [2.45, 2.75) is 19.8 Å². The summed E-state index contributed by atoms with van der Waals surface area (Å²) in [6.07, 6.45) is 2.54. The van der Waals surface area contributed by atoms with Gasteiger partial charge in [-0.2, -0.15) is 0 Å². The van der Waals surface area contributed by atoms with Crippen LogP contribution in [0.25, 0.3) is 0 Å². The van der Waals surface area contributed by atoms with Crippen LogP contribution in [0.4, 0.5) is 10.1 Å². The maximum Gasteiger partial charge on any atom is 0.356 e. The zero-order chi connectivity index (χ0) is 13.1. The van der Waals surface area contributed by atoms with Crippen molar-refractivity contribution in [3.05, 3.63) is 23.8 Å². The summed E-state index contributed by atoms with van der Waals surface area (Å²) in [5.41, 5.74) is -0.0608. The molecule has 1 aromatic rings. The zero-order valence-corrected chi connectivity index (χ0v) is 9.90. The average molecular weight is 252 g/mol. The van der Waals surface area contributed by atoms with Crippen LogP contribution in [0.2, 0.25) is 0 Å². The number of nitrogens with zero attached hydrogens (tertiary/aromatic N) is 1. The number of rotatable bonds is 4. The monoisotopic (exact) mass is 252 g/mol. The molecule has 96 valence electrons. The molecule has 1 amide bonds. The number of aromatic nitrogens is 1. The van der Waals surface area contributed by atoms with E-state index in [1.54, 1.807) is 6.92 Å². The highest BCUT2D eigenvalue weighted by molar-refractivity contribution is 5.95. The van der Waals surface area contributed by atoms with Crippen molar-refractivity contribution in [1.29, 1.82) is 0 Å². The second-order valence-electron chi connectivity index (χ2n) is 4.03. The SMILES string of the molecule is CCOC(=O)c1cc(NC(=O)C2CC2)c(F)cn1. The molecule has 2 rings (SSSR count). The molecule has 0 spiro atoms. The Kier molecular flexibility index (Phi) is 3.55. The number of anilines is 1. The number of hydrogen-bond acceptors (Lipinski definition) is 4. The molecule has 5 nitrogen and oxygen atoms in total. The van der Waals surface area contributed by atoms with Crippen LogP contribution >= 0.6 is 0 Å². The number of amides is 1. The molecule has 6 heteroatoms. The van der Waals surface area contributed by atoms with Gasteiger partial charge < -0.3 is 10.1 Å². The van der Waals surface area contributed by atoms with Gasteiger partial charge in [0.05, 0.1) is 18.5 Å². The molecule has 0 aliphatic heterocycles. The molecule has 1 heterocycles. The maximum absolute atomic E-state index is 13.4. The molecule has 1 fully saturated rings. The van der Waals surface area contributed by atoms with Crippen molar-refractivity contribution >= 4 is 17.6 Å². The van der Waals surface area contributed by atoms with Gasteiger partial charge in [0.15, 0.2) is 11.5 Å². The van der Waals surface area contributed by atoms with E-state index in [1.165, 1.54) is 6.07 Å². The summed E-state index contributed by atoms with van der Waals surface area (Å²) in [4.78, 5) is 26.6. The minimum absolute atomic E-state index is 0.0238. The summed E-state index contributed by atoms with van der Waals surface area (Å²) in [5, 5.41) is 2.45. The summed E-state index contributed by atoms with van der Waals surface area (Å²) in [6.45, 7) is 1.87. The lowest BCUT2D eigenvalue weighted by molar-refractivity contribution is -0.117. The van der Waals surface area contributed by atoms with Crippen LogP contribution in [0.15, 0.2) is 12.3 Å². The minimum atomic E-state index is -0.669. The van der Waals surface area contributed by atoms with Gasteiger partial charge in [-0.1, -0.05) is 0 Å². The minimum Gasteiger partial charge on any atom is -0.461 e. The smallest absolute Gasteiger partial charge is 0.356 e. The Balaban J connectivity index is 2.15. The van der Waals surface area contributed by atoms with Gasteiger partial charge in [0.2, 0.25) is 5.91 Å². The molecule has 0 atom stereocenters. The number of nitrogens with one attached hydrogen (secondary N) is 1. The number of halogens is 1. The summed E-state index contributed by atoms with van der Waals surface area (Å²) >= 11 is 0. The fraction of sp³-hybridized carbons (Fsp3) is 0.417. The largest absolute Gasteiger partial charge is 0.461 e. The van der Waals surface area contributed by atoms with E-state index >= 15 is 0 Å². The fourth-order valence-electron chi connectivity index (χ4n) is 1.43. The lowest BCUT2D eigenvalue weighted by Crippen LogP contribution is -2.16. The first kappa shape index (κ1) is 12.5. The lowest BCUT2D eigenvalue weighted by Gasteiger charge is -2.07. The molecule has 1 aliphatic rings. The summed E-state index contributed by atoms with van der Waals surface area (Å²) < 4.78 is 18.2. The normalized spacial score (nSPS) is 14.1. The van der Waals surface area contributed by atoms with Crippen molar-refractivity contribution in [1.82, 2.24) is 4.98 Å². The Hall–Kier alpha value is -1.98. The summed E-state index contributed by atoms with van der Waals surface area (Å²) in [7, 11) is 0. The van der Waals surface area contributed by atoms with Crippen molar-refractivity contribution in [2.24, 2.45) is 5.92 Å². The standard InChI is InChI=1S/C12H13FN2O3/c1-2-18-12(17)10-5-9(8(13)6-14-10)15-11(16)7-3-4-7/h5-7H,2-4H2,1H3,(H,14,15,16). The highest BCUT2D eigenvalue weighted by Gasteiger charge is 2.30. The molecule has 0 radical (unpaired) electrons. The first-order chi connectivity index (χ1) is 8.61. The van der Waals surface area contributed by atoms with Crippen LogP contribution in [-0.4, -0.2) is 23.5 Å². The van der Waals surface area contributed by atoms with Gasteiger partial charge in [0.25, 0.3) is 0 Å². The molecule has 1 saturated carbocycles. The van der Waals surface area contributed by atoms with Crippen molar-refractivity contribution in [3.8, 4) is 0 Å². The Morgan fingerprint density at radius 1 is 1.56 bits per heavy atom. The highest BCUT2D eigenvalue weighted by atomic mass is 19.1. The molecule has 1 aromatic heterocycles. The number of carbonyl (C=O) groups excluding carboxylic acids is 2. The van der Waals surface area contributed by atoms with Crippen LogP contribution in [0.1, 0.15) is 30.3 Å². The number of carbonyl (C=O) groups is 2. The van der Waals surface area contributed by atoms with Gasteiger partial charge in [0.1, 0.15) is 0 Å². The van der Waals surface area contributed by atoms with Gasteiger partial charge in [-0.25, -0.2) is 14.2 Å². The van der Waals surface area contributed by atoms with Crippen LogP contribution in [0.5, 0.6) is 0 Å². The quantitative estimate of drug-likeness (QED) is 0.829. The summed E-state index contributed by atoms with van der Waals surface area (Å²) in [6, 6.07) is 1.19. The first-order valence-electron chi connectivity index (χ1n) is 5.75. The molecule has 18 heavy (non-hydrogen) atoms. The van der Waals surface area contributed by atoms with E-state index in [4.69, 9.17) is 4.74 Å². The Morgan fingerprint density at radius 3 is 2.89 bits per heavy atom. The van der Waals surface area contributed by atoms with E-state index in [-0.39, 0.29) is 29.8 Å². The Labute approximate surface area is 103 Å². The molecule has 0 bridgehead atoms. The molecule has 1 aliphatic carbocycles. The van der Waals surface area contributed by atoms with Crippen LogP contribution in [0, 0.1) is 11.7 Å². The summed E-state index contributed by atoms with van der Waals surface area (Å²) in [5.74, 6) is -1.57. The second-order valence-corrected chi connectivity index (χ2v) is 4.03. The highest BCUT2D eigenvalue weighted by Crippen LogP contribution is 2.30. The predicted molar refractivity (Wildman–Crippen MR) is 61.5 cm³/mol. The average Bonchev–Trinajstić information content (AvgIpc) is 3.16. The Morgan fingerprint density at radius 2 is 2.28 bits per heavy atom. The van der Waals surface area contributed by atoms with E-state index < -0.39 is 11.8 Å². The maximum atomic E-state index is 13.4. The van der Waals surface area contributed by atoms with E-state index in [1.807, 2.05) is 0 Å². The van der Waals surface area contributed by atoms with Crippen molar-refractivity contribution < 1.29 is 18.7 Å². The molecule has 1 N–H and O–H groups in total.